The highest BCUT2D eigenvalue weighted by Gasteiger charge is 2.25. The van der Waals surface area contributed by atoms with Gasteiger partial charge in [-0.05, 0) is 51.5 Å². The lowest BCUT2D eigenvalue weighted by Crippen LogP contribution is -2.30. The minimum Gasteiger partial charge on any atom is -0.448 e. The molecule has 0 saturated heterocycles. The highest BCUT2D eigenvalue weighted by atomic mass is 32.2. The van der Waals surface area contributed by atoms with E-state index in [0.717, 1.165) is 4.31 Å². The first kappa shape index (κ1) is 23.3. The fourth-order valence-corrected chi connectivity index (χ4v) is 3.89. The van der Waals surface area contributed by atoms with Crippen molar-refractivity contribution in [2.45, 2.75) is 38.7 Å². The normalized spacial score (nSPS) is 12.5. The third kappa shape index (κ3) is 4.77. The quantitative estimate of drug-likeness (QED) is 0.508. The van der Waals surface area contributed by atoms with E-state index in [1.165, 1.54) is 52.2 Å². The summed E-state index contributed by atoms with van der Waals surface area (Å²) in [5.74, 6) is -1.58. The molecule has 162 valence electrons. The molecule has 2 N–H and O–H groups in total. The molecule has 0 spiro atoms. The zero-order chi connectivity index (χ0) is 22.8. The Morgan fingerprint density at radius 3 is 2.33 bits per heavy atom. The van der Waals surface area contributed by atoms with E-state index in [1.54, 1.807) is 13.8 Å². The van der Waals surface area contributed by atoms with Crippen LogP contribution in [0.1, 0.15) is 46.0 Å². The molecule has 0 aliphatic heterocycles. The Balaban J connectivity index is 2.13. The van der Waals surface area contributed by atoms with Gasteiger partial charge in [-0.3, -0.25) is 9.59 Å². The number of aromatic nitrogens is 1. The SMILES string of the molecule is CC(=O)c1c(C)[nH]c(C(=O)O[C@H](C)C(=O)Nc2cccc(S(=O)(=O)N(C)C)c2)c1C. The first-order valence-electron chi connectivity index (χ1n) is 9.10. The monoisotopic (exact) mass is 435 g/mol. The van der Waals surface area contributed by atoms with Gasteiger partial charge in [0.25, 0.3) is 5.91 Å². The predicted molar refractivity (Wildman–Crippen MR) is 111 cm³/mol. The average molecular weight is 436 g/mol. The van der Waals surface area contributed by atoms with Gasteiger partial charge in [-0.15, -0.1) is 0 Å². The maximum atomic E-state index is 12.5. The Kier molecular flexibility index (Phi) is 6.84. The number of nitrogens with zero attached hydrogens (tertiary/aromatic N) is 1. The number of H-pyrrole nitrogens is 1. The van der Waals surface area contributed by atoms with Crippen LogP contribution in [0.5, 0.6) is 0 Å². The van der Waals surface area contributed by atoms with Crippen molar-refractivity contribution in [2.24, 2.45) is 0 Å². The number of hydrogen-bond donors (Lipinski definition) is 2. The topological polar surface area (TPSA) is 126 Å². The summed E-state index contributed by atoms with van der Waals surface area (Å²) in [5.41, 5.74) is 1.77. The van der Waals surface area contributed by atoms with Crippen molar-refractivity contribution >= 4 is 33.4 Å². The number of aryl methyl sites for hydroxylation is 1. The second-order valence-corrected chi connectivity index (χ2v) is 9.19. The molecule has 1 aromatic carbocycles. The minimum absolute atomic E-state index is 0.0178. The number of hydrogen-bond acceptors (Lipinski definition) is 6. The Morgan fingerprint density at radius 2 is 1.80 bits per heavy atom. The fourth-order valence-electron chi connectivity index (χ4n) is 2.94. The van der Waals surface area contributed by atoms with Gasteiger partial charge in [0.05, 0.1) is 4.90 Å². The molecular weight excluding hydrogens is 410 g/mol. The first-order valence-corrected chi connectivity index (χ1v) is 10.5. The van der Waals surface area contributed by atoms with E-state index in [0.29, 0.717) is 16.8 Å². The molecule has 1 amide bonds. The van der Waals surface area contributed by atoms with Crippen LogP contribution in [0, 0.1) is 13.8 Å². The zero-order valence-electron chi connectivity index (χ0n) is 17.7. The Morgan fingerprint density at radius 1 is 1.17 bits per heavy atom. The average Bonchev–Trinajstić information content (AvgIpc) is 2.96. The highest BCUT2D eigenvalue weighted by Crippen LogP contribution is 2.21. The molecule has 0 aliphatic rings. The van der Waals surface area contributed by atoms with Crippen LogP contribution in [0.4, 0.5) is 5.69 Å². The molecule has 0 saturated carbocycles. The van der Waals surface area contributed by atoms with Gasteiger partial charge in [0.15, 0.2) is 11.9 Å². The van der Waals surface area contributed by atoms with Crippen LogP contribution in [-0.4, -0.2) is 55.6 Å². The number of Topliss-reactive ketones (excluding diaryl/α,β-unsaturated/α-hetero) is 1. The lowest BCUT2D eigenvalue weighted by molar-refractivity contribution is -0.123. The van der Waals surface area contributed by atoms with Crippen molar-refractivity contribution in [2.75, 3.05) is 19.4 Å². The second kappa shape index (κ2) is 8.80. The number of nitrogens with one attached hydrogen (secondary N) is 2. The molecule has 30 heavy (non-hydrogen) atoms. The lowest BCUT2D eigenvalue weighted by atomic mass is 10.1. The standard InChI is InChI=1S/C20H25N3O6S/c1-11-17(13(3)24)12(2)21-18(11)20(26)29-14(4)19(25)22-15-8-7-9-16(10-15)30(27,28)23(5)6/h7-10,14,21H,1-6H3,(H,22,25)/t14-/m1/s1. The number of carbonyl (C=O) groups excluding carboxylic acids is 3. The molecule has 0 fully saturated rings. The summed E-state index contributed by atoms with van der Waals surface area (Å²) in [4.78, 5) is 39.4. The van der Waals surface area contributed by atoms with Gasteiger partial charge in [0.1, 0.15) is 5.69 Å². The van der Waals surface area contributed by atoms with Gasteiger partial charge in [-0.25, -0.2) is 17.5 Å². The van der Waals surface area contributed by atoms with Crippen molar-refractivity contribution in [1.29, 1.82) is 0 Å². The van der Waals surface area contributed by atoms with E-state index in [4.69, 9.17) is 4.74 Å². The van der Waals surface area contributed by atoms with Crippen LogP contribution < -0.4 is 5.32 Å². The summed E-state index contributed by atoms with van der Waals surface area (Å²) < 4.78 is 30.7. The second-order valence-electron chi connectivity index (χ2n) is 7.03. The molecule has 1 heterocycles. The third-order valence-electron chi connectivity index (χ3n) is 4.53. The van der Waals surface area contributed by atoms with E-state index in [9.17, 15) is 22.8 Å². The van der Waals surface area contributed by atoms with Crippen LogP contribution in [0.2, 0.25) is 0 Å². The van der Waals surface area contributed by atoms with Crippen molar-refractivity contribution in [3.8, 4) is 0 Å². The van der Waals surface area contributed by atoms with Crippen molar-refractivity contribution in [3.63, 3.8) is 0 Å². The van der Waals surface area contributed by atoms with Gasteiger partial charge in [-0.2, -0.15) is 0 Å². The maximum absolute atomic E-state index is 12.5. The maximum Gasteiger partial charge on any atom is 0.355 e. The van der Waals surface area contributed by atoms with Crippen LogP contribution in [0.25, 0.3) is 0 Å². The molecule has 2 aromatic rings. The molecule has 0 aliphatic carbocycles. The number of carbonyl (C=O) groups is 3. The van der Waals surface area contributed by atoms with Crippen LogP contribution in [-0.2, 0) is 19.6 Å². The summed E-state index contributed by atoms with van der Waals surface area (Å²) in [7, 11) is -0.846. The summed E-state index contributed by atoms with van der Waals surface area (Å²) in [5, 5.41) is 2.54. The summed E-state index contributed by atoms with van der Waals surface area (Å²) in [6.07, 6.45) is -1.16. The number of ether oxygens (including phenoxy) is 1. The number of esters is 1. The Hall–Kier alpha value is -2.98. The molecule has 2 rings (SSSR count). The van der Waals surface area contributed by atoms with Gasteiger partial charge in [-0.1, -0.05) is 6.07 Å². The first-order chi connectivity index (χ1) is 13.9. The van der Waals surface area contributed by atoms with E-state index in [-0.39, 0.29) is 22.1 Å². The molecule has 1 aromatic heterocycles. The van der Waals surface area contributed by atoms with Crippen molar-refractivity contribution < 1.29 is 27.5 Å². The van der Waals surface area contributed by atoms with Gasteiger partial charge in [0, 0.05) is 31.0 Å². The van der Waals surface area contributed by atoms with Gasteiger partial charge >= 0.3 is 5.97 Å². The van der Waals surface area contributed by atoms with E-state index < -0.39 is 28.0 Å². The Labute approximate surface area is 175 Å². The molecule has 10 heteroatoms. The van der Waals surface area contributed by atoms with Crippen LogP contribution in [0.3, 0.4) is 0 Å². The van der Waals surface area contributed by atoms with Crippen LogP contribution in [0.15, 0.2) is 29.2 Å². The number of rotatable bonds is 7. The van der Waals surface area contributed by atoms with Crippen LogP contribution >= 0.6 is 0 Å². The van der Waals surface area contributed by atoms with Gasteiger partial charge < -0.3 is 15.0 Å². The largest absolute Gasteiger partial charge is 0.448 e. The van der Waals surface area contributed by atoms with Gasteiger partial charge in [0.2, 0.25) is 10.0 Å². The third-order valence-corrected chi connectivity index (χ3v) is 6.34. The summed E-state index contributed by atoms with van der Waals surface area (Å²) in [6, 6.07) is 5.76. The Bertz CT molecular complexity index is 1100. The molecule has 1 atom stereocenters. The molecule has 0 unspecified atom stereocenters. The molecular formula is C20H25N3O6S. The number of amides is 1. The molecule has 0 bridgehead atoms. The number of sulfonamides is 1. The fraction of sp³-hybridized carbons (Fsp3) is 0.350. The number of ketones is 1. The zero-order valence-corrected chi connectivity index (χ0v) is 18.5. The van der Waals surface area contributed by atoms with Crippen molar-refractivity contribution in [1.82, 2.24) is 9.29 Å². The van der Waals surface area contributed by atoms with E-state index in [1.807, 2.05) is 0 Å². The number of anilines is 1. The number of benzene rings is 1. The molecule has 9 nitrogen and oxygen atoms in total. The lowest BCUT2D eigenvalue weighted by Gasteiger charge is -2.15. The number of aromatic amines is 1. The van der Waals surface area contributed by atoms with Crippen molar-refractivity contribution in [3.05, 3.63) is 46.8 Å². The molecule has 0 radical (unpaired) electrons. The predicted octanol–water partition coefficient (Wildman–Crippen LogP) is 2.27. The summed E-state index contributed by atoms with van der Waals surface area (Å²) in [6.45, 7) is 6.09. The smallest absolute Gasteiger partial charge is 0.355 e. The highest BCUT2D eigenvalue weighted by molar-refractivity contribution is 7.89. The summed E-state index contributed by atoms with van der Waals surface area (Å²) >= 11 is 0. The van der Waals surface area contributed by atoms with E-state index in [2.05, 4.69) is 10.3 Å². The minimum atomic E-state index is -3.66. The van der Waals surface area contributed by atoms with E-state index >= 15 is 0 Å².